The third-order valence-corrected chi connectivity index (χ3v) is 5.09. The quantitative estimate of drug-likeness (QED) is 0.782. The van der Waals surface area contributed by atoms with E-state index >= 15 is 0 Å². The molecular formula is C18H22N4OS. The van der Waals surface area contributed by atoms with Crippen LogP contribution in [-0.2, 0) is 4.79 Å². The summed E-state index contributed by atoms with van der Waals surface area (Å²) < 4.78 is 0. The molecule has 1 amide bonds. The van der Waals surface area contributed by atoms with Gasteiger partial charge >= 0.3 is 0 Å². The Morgan fingerprint density at radius 2 is 1.88 bits per heavy atom. The van der Waals surface area contributed by atoms with E-state index in [4.69, 9.17) is 0 Å². The van der Waals surface area contributed by atoms with E-state index in [-0.39, 0.29) is 5.91 Å². The average Bonchev–Trinajstić information content (AvgIpc) is 2.63. The summed E-state index contributed by atoms with van der Waals surface area (Å²) in [5.41, 5.74) is 0.969. The summed E-state index contributed by atoms with van der Waals surface area (Å²) in [5.74, 6) is 2.03. The molecule has 24 heavy (non-hydrogen) atoms. The molecule has 1 aromatic heterocycles. The summed E-state index contributed by atoms with van der Waals surface area (Å²) >= 11 is 1.74. The Hall–Kier alpha value is -2.08. The van der Waals surface area contributed by atoms with Gasteiger partial charge in [-0.2, -0.15) is 0 Å². The lowest BCUT2D eigenvalue weighted by Gasteiger charge is -2.35. The first-order valence-electron chi connectivity index (χ1n) is 8.21. The zero-order valence-electron chi connectivity index (χ0n) is 13.9. The van der Waals surface area contributed by atoms with Crippen molar-refractivity contribution in [2.45, 2.75) is 18.2 Å². The maximum Gasteiger partial charge on any atom is 0.223 e. The smallest absolute Gasteiger partial charge is 0.223 e. The van der Waals surface area contributed by atoms with Crippen LogP contribution in [0.1, 0.15) is 12.1 Å². The van der Waals surface area contributed by atoms with Crippen LogP contribution in [0.3, 0.4) is 0 Å². The Kier molecular flexibility index (Phi) is 5.69. The third-order valence-electron chi connectivity index (χ3n) is 4.07. The Bertz CT molecular complexity index is 672. The number of thioether (sulfide) groups is 1. The lowest BCUT2D eigenvalue weighted by molar-refractivity contribution is -0.131. The molecule has 1 aliphatic heterocycles. The zero-order valence-corrected chi connectivity index (χ0v) is 14.7. The molecule has 0 spiro atoms. The minimum absolute atomic E-state index is 0.247. The van der Waals surface area contributed by atoms with E-state index in [0.29, 0.717) is 6.42 Å². The van der Waals surface area contributed by atoms with Gasteiger partial charge in [0.2, 0.25) is 5.91 Å². The summed E-state index contributed by atoms with van der Waals surface area (Å²) in [7, 11) is 0. The fourth-order valence-electron chi connectivity index (χ4n) is 2.73. The number of nitrogens with zero attached hydrogens (tertiary/aromatic N) is 4. The van der Waals surface area contributed by atoms with Gasteiger partial charge in [0, 0.05) is 55.0 Å². The number of rotatable bonds is 5. The van der Waals surface area contributed by atoms with Gasteiger partial charge in [-0.1, -0.05) is 18.2 Å². The maximum absolute atomic E-state index is 12.4. The summed E-state index contributed by atoms with van der Waals surface area (Å²) in [6.07, 6.45) is 2.19. The average molecular weight is 342 g/mol. The number of hydrogen-bond acceptors (Lipinski definition) is 5. The van der Waals surface area contributed by atoms with Gasteiger partial charge in [0.15, 0.2) is 0 Å². The van der Waals surface area contributed by atoms with Crippen molar-refractivity contribution in [2.75, 3.05) is 36.8 Å². The predicted molar refractivity (Wildman–Crippen MR) is 97.3 cm³/mol. The van der Waals surface area contributed by atoms with E-state index in [1.54, 1.807) is 18.1 Å². The van der Waals surface area contributed by atoms with Crippen LogP contribution in [-0.4, -0.2) is 52.7 Å². The topological polar surface area (TPSA) is 49.3 Å². The van der Waals surface area contributed by atoms with Crippen molar-refractivity contribution >= 4 is 23.5 Å². The monoisotopic (exact) mass is 342 g/mol. The van der Waals surface area contributed by atoms with Crippen molar-refractivity contribution in [1.82, 2.24) is 14.9 Å². The molecule has 1 fully saturated rings. The van der Waals surface area contributed by atoms with Gasteiger partial charge in [-0.3, -0.25) is 4.79 Å². The van der Waals surface area contributed by atoms with Crippen LogP contribution in [0.15, 0.2) is 47.6 Å². The minimum Gasteiger partial charge on any atom is -0.353 e. The fourth-order valence-corrected chi connectivity index (χ4v) is 3.59. The van der Waals surface area contributed by atoms with Crippen LogP contribution in [0, 0.1) is 6.92 Å². The van der Waals surface area contributed by atoms with Gasteiger partial charge in [-0.05, 0) is 19.1 Å². The second-order valence-corrected chi connectivity index (χ2v) is 6.97. The van der Waals surface area contributed by atoms with E-state index in [2.05, 4.69) is 27.0 Å². The molecule has 0 bridgehead atoms. The number of hydrogen-bond donors (Lipinski definition) is 0. The van der Waals surface area contributed by atoms with E-state index < -0.39 is 0 Å². The molecule has 0 radical (unpaired) electrons. The van der Waals surface area contributed by atoms with E-state index in [1.807, 2.05) is 36.1 Å². The fraction of sp³-hybridized carbons (Fsp3) is 0.389. The number of aromatic nitrogens is 2. The first kappa shape index (κ1) is 16.8. The third kappa shape index (κ3) is 4.47. The number of benzene rings is 1. The lowest BCUT2D eigenvalue weighted by Crippen LogP contribution is -2.49. The molecule has 126 valence electrons. The molecular weight excluding hydrogens is 320 g/mol. The normalized spacial score (nSPS) is 14.7. The number of anilines is 1. The van der Waals surface area contributed by atoms with Gasteiger partial charge in [0.05, 0.1) is 0 Å². The largest absolute Gasteiger partial charge is 0.353 e. The van der Waals surface area contributed by atoms with Gasteiger partial charge in [-0.15, -0.1) is 11.8 Å². The van der Waals surface area contributed by atoms with Crippen molar-refractivity contribution in [3.8, 4) is 0 Å². The van der Waals surface area contributed by atoms with Gasteiger partial charge in [-0.25, -0.2) is 9.97 Å². The van der Waals surface area contributed by atoms with Crippen molar-refractivity contribution in [2.24, 2.45) is 0 Å². The Morgan fingerprint density at radius 1 is 1.12 bits per heavy atom. The van der Waals surface area contributed by atoms with E-state index in [1.165, 1.54) is 4.90 Å². The highest BCUT2D eigenvalue weighted by molar-refractivity contribution is 7.99. The molecule has 1 saturated heterocycles. The van der Waals surface area contributed by atoms with Crippen LogP contribution >= 0.6 is 11.8 Å². The van der Waals surface area contributed by atoms with Crippen molar-refractivity contribution in [3.05, 3.63) is 48.4 Å². The Balaban J connectivity index is 1.43. The molecule has 0 N–H and O–H groups in total. The molecule has 1 aromatic carbocycles. The van der Waals surface area contributed by atoms with Crippen LogP contribution in [0.4, 0.5) is 5.82 Å². The molecule has 3 rings (SSSR count). The number of carbonyl (C=O) groups is 1. The number of carbonyl (C=O) groups excluding carboxylic acids is 1. The van der Waals surface area contributed by atoms with Gasteiger partial charge < -0.3 is 9.80 Å². The molecule has 1 aliphatic rings. The molecule has 2 heterocycles. The molecule has 2 aromatic rings. The van der Waals surface area contributed by atoms with Crippen molar-refractivity contribution < 1.29 is 4.79 Å². The SMILES string of the molecule is Cc1cc(N2CCN(C(=O)CCSc3ccccc3)CC2)ncn1. The first-order valence-corrected chi connectivity index (χ1v) is 9.20. The van der Waals surface area contributed by atoms with Crippen LogP contribution < -0.4 is 4.90 Å². The zero-order chi connectivity index (χ0) is 16.8. The van der Waals surface area contributed by atoms with Gasteiger partial charge in [0.25, 0.3) is 0 Å². The van der Waals surface area contributed by atoms with E-state index in [0.717, 1.165) is 43.4 Å². The van der Waals surface area contributed by atoms with E-state index in [9.17, 15) is 4.79 Å². The first-order chi connectivity index (χ1) is 11.7. The minimum atomic E-state index is 0.247. The Labute approximate surface area is 147 Å². The summed E-state index contributed by atoms with van der Waals surface area (Å²) in [4.78, 5) is 26.2. The summed E-state index contributed by atoms with van der Waals surface area (Å²) in [5, 5.41) is 0. The van der Waals surface area contributed by atoms with Crippen LogP contribution in [0.2, 0.25) is 0 Å². The lowest BCUT2D eigenvalue weighted by atomic mass is 10.2. The highest BCUT2D eigenvalue weighted by atomic mass is 32.2. The molecule has 0 atom stereocenters. The summed E-state index contributed by atoms with van der Waals surface area (Å²) in [6, 6.07) is 12.2. The summed E-state index contributed by atoms with van der Waals surface area (Å²) in [6.45, 7) is 5.15. The van der Waals surface area contributed by atoms with Crippen molar-refractivity contribution in [1.29, 1.82) is 0 Å². The molecule has 0 aliphatic carbocycles. The number of aryl methyl sites for hydroxylation is 1. The highest BCUT2D eigenvalue weighted by Crippen LogP contribution is 2.19. The van der Waals surface area contributed by atoms with Gasteiger partial charge in [0.1, 0.15) is 12.1 Å². The molecule has 0 unspecified atom stereocenters. The van der Waals surface area contributed by atoms with Crippen LogP contribution in [0.5, 0.6) is 0 Å². The second-order valence-electron chi connectivity index (χ2n) is 5.80. The number of piperazine rings is 1. The predicted octanol–water partition coefficient (Wildman–Crippen LogP) is 2.62. The molecule has 6 heteroatoms. The molecule has 5 nitrogen and oxygen atoms in total. The Morgan fingerprint density at radius 3 is 2.58 bits per heavy atom. The maximum atomic E-state index is 12.4. The van der Waals surface area contributed by atoms with Crippen molar-refractivity contribution in [3.63, 3.8) is 0 Å². The van der Waals surface area contributed by atoms with Crippen LogP contribution in [0.25, 0.3) is 0 Å². The number of amides is 1. The highest BCUT2D eigenvalue weighted by Gasteiger charge is 2.21. The standard InChI is InChI=1S/C18H22N4OS/c1-15-13-17(20-14-19-15)21-8-10-22(11-9-21)18(23)7-12-24-16-5-3-2-4-6-16/h2-6,13-14H,7-12H2,1H3. The second kappa shape index (κ2) is 8.15. The molecule has 0 saturated carbocycles.